The molecule has 1 aromatic carbocycles. The number of imidazole rings is 1. The van der Waals surface area contributed by atoms with Crippen molar-refractivity contribution in [3.63, 3.8) is 0 Å². The minimum Gasteiger partial charge on any atom is -0.349 e. The number of aromatic nitrogens is 2. The molecule has 0 bridgehead atoms. The number of piperidine rings is 1. The lowest BCUT2D eigenvalue weighted by Crippen LogP contribution is -2.42. The van der Waals surface area contributed by atoms with Crippen LogP contribution in [0.1, 0.15) is 72.7 Å². The number of carbonyl (C=O) groups excluding carboxylic acids is 1. The molecule has 1 aliphatic heterocycles. The third-order valence-corrected chi connectivity index (χ3v) is 7.09. The number of hydrogen-bond acceptors (Lipinski definition) is 4. The van der Waals surface area contributed by atoms with Gasteiger partial charge in [-0.05, 0) is 87.9 Å². The number of pyridine rings is 1. The highest BCUT2D eigenvalue weighted by atomic mass is 16.1. The van der Waals surface area contributed by atoms with Gasteiger partial charge in [0.25, 0.3) is 5.91 Å². The number of nitrogens with zero attached hydrogens (tertiary/aromatic N) is 2. The Morgan fingerprint density at radius 3 is 2.69 bits per heavy atom. The van der Waals surface area contributed by atoms with E-state index in [1.165, 1.54) is 12.0 Å². The van der Waals surface area contributed by atoms with Crippen molar-refractivity contribution < 1.29 is 4.79 Å². The number of nitrogens with one attached hydrogen (secondary N) is 3. The molecule has 6 nitrogen and oxygen atoms in total. The number of benzene rings is 1. The van der Waals surface area contributed by atoms with E-state index in [0.717, 1.165) is 55.7 Å². The highest BCUT2D eigenvalue weighted by molar-refractivity contribution is 5.94. The molecule has 1 amide bonds. The molecule has 1 saturated heterocycles. The molecule has 1 aliphatic carbocycles. The Kier molecular flexibility index (Phi) is 6.23. The van der Waals surface area contributed by atoms with Crippen molar-refractivity contribution in [2.75, 3.05) is 13.1 Å². The van der Waals surface area contributed by atoms with Crippen molar-refractivity contribution >= 4 is 11.4 Å². The van der Waals surface area contributed by atoms with Gasteiger partial charge in [-0.1, -0.05) is 18.2 Å². The van der Waals surface area contributed by atoms with Crippen molar-refractivity contribution in [3.05, 3.63) is 71.8 Å². The maximum Gasteiger partial charge on any atom is 0.251 e. The Morgan fingerprint density at radius 2 is 1.88 bits per heavy atom. The van der Waals surface area contributed by atoms with Crippen molar-refractivity contribution in [3.8, 4) is 0 Å². The van der Waals surface area contributed by atoms with Gasteiger partial charge in [-0.3, -0.25) is 4.79 Å². The van der Waals surface area contributed by atoms with Crippen molar-refractivity contribution in [1.82, 2.24) is 25.3 Å². The smallest absolute Gasteiger partial charge is 0.251 e. The molecule has 1 unspecified atom stereocenters. The fraction of sp³-hybridized carbons (Fsp3) is 0.462. The Labute approximate surface area is 189 Å². The van der Waals surface area contributed by atoms with E-state index in [4.69, 9.17) is 0 Å². The summed E-state index contributed by atoms with van der Waals surface area (Å²) >= 11 is 0. The Hall–Kier alpha value is -2.70. The second kappa shape index (κ2) is 9.43. The zero-order valence-corrected chi connectivity index (χ0v) is 18.8. The van der Waals surface area contributed by atoms with Gasteiger partial charge in [0.15, 0.2) is 0 Å². The molecular weight excluding hydrogens is 398 g/mol. The van der Waals surface area contributed by atoms with E-state index in [9.17, 15) is 4.79 Å². The van der Waals surface area contributed by atoms with Crippen LogP contribution in [-0.4, -0.2) is 40.5 Å². The van der Waals surface area contributed by atoms with Crippen LogP contribution in [0.15, 0.2) is 54.9 Å². The molecule has 1 saturated carbocycles. The fourth-order valence-electron chi connectivity index (χ4n) is 5.29. The highest BCUT2D eigenvalue weighted by Gasteiger charge is 2.28. The van der Waals surface area contributed by atoms with Crippen LogP contribution in [0.4, 0.5) is 0 Å². The van der Waals surface area contributed by atoms with Crippen LogP contribution in [-0.2, 0) is 0 Å². The van der Waals surface area contributed by atoms with Gasteiger partial charge in [0, 0.05) is 23.8 Å². The standard InChI is InChI=1S/C26H33N5O/c1-18(25-28-17-24-4-2-3-15-31(24)25)29-23-10-9-21(16-23)19-5-7-20(8-6-19)26(32)30-22-11-13-27-14-12-22/h2-8,15,17-18,21-23,27,29H,9-14,16H2,1H3,(H,30,32)/t18-,21?,23+/m1/s1. The number of fused-ring (bicyclic) bond motifs is 1. The summed E-state index contributed by atoms with van der Waals surface area (Å²) in [5.41, 5.74) is 3.23. The highest BCUT2D eigenvalue weighted by Crippen LogP contribution is 2.35. The lowest BCUT2D eigenvalue weighted by molar-refractivity contribution is 0.0929. The lowest BCUT2D eigenvalue weighted by Gasteiger charge is -2.23. The monoisotopic (exact) mass is 431 g/mol. The van der Waals surface area contributed by atoms with E-state index >= 15 is 0 Å². The first-order chi connectivity index (χ1) is 15.7. The van der Waals surface area contributed by atoms with Gasteiger partial charge in [-0.2, -0.15) is 0 Å². The summed E-state index contributed by atoms with van der Waals surface area (Å²) < 4.78 is 2.16. The average Bonchev–Trinajstić information content (AvgIpc) is 3.47. The SMILES string of the molecule is C[C@@H](N[C@H]1CCC(c2ccc(C(=O)NC3CCNCC3)cc2)C1)c1ncc2ccccn12. The quantitative estimate of drug-likeness (QED) is 0.555. The fourth-order valence-corrected chi connectivity index (χ4v) is 5.29. The second-order valence-electron chi connectivity index (χ2n) is 9.33. The van der Waals surface area contributed by atoms with Crippen molar-refractivity contribution in [1.29, 1.82) is 0 Å². The van der Waals surface area contributed by atoms with Gasteiger partial charge in [-0.25, -0.2) is 4.98 Å². The van der Waals surface area contributed by atoms with Crippen LogP contribution in [0, 0.1) is 0 Å². The largest absolute Gasteiger partial charge is 0.349 e. The van der Waals surface area contributed by atoms with Crippen LogP contribution >= 0.6 is 0 Å². The minimum atomic E-state index is 0.0511. The molecule has 3 N–H and O–H groups in total. The molecule has 6 heteroatoms. The molecule has 3 heterocycles. The minimum absolute atomic E-state index is 0.0511. The molecule has 0 radical (unpaired) electrons. The first-order valence-electron chi connectivity index (χ1n) is 12.0. The first-order valence-corrected chi connectivity index (χ1v) is 12.0. The first kappa shape index (κ1) is 21.2. The van der Waals surface area contributed by atoms with Gasteiger partial charge in [0.1, 0.15) is 5.82 Å². The van der Waals surface area contributed by atoms with Gasteiger partial charge in [0.05, 0.1) is 17.8 Å². The Morgan fingerprint density at radius 1 is 1.06 bits per heavy atom. The summed E-state index contributed by atoms with van der Waals surface area (Å²) in [6.07, 6.45) is 9.49. The summed E-state index contributed by atoms with van der Waals surface area (Å²) in [7, 11) is 0. The second-order valence-corrected chi connectivity index (χ2v) is 9.33. The molecule has 2 fully saturated rings. The zero-order valence-electron chi connectivity index (χ0n) is 18.8. The van der Waals surface area contributed by atoms with Crippen LogP contribution in [0.25, 0.3) is 5.52 Å². The van der Waals surface area contributed by atoms with Crippen molar-refractivity contribution in [2.24, 2.45) is 0 Å². The summed E-state index contributed by atoms with van der Waals surface area (Å²) in [6, 6.07) is 15.4. The van der Waals surface area contributed by atoms with Crippen LogP contribution in [0.2, 0.25) is 0 Å². The maximum absolute atomic E-state index is 12.6. The lowest BCUT2D eigenvalue weighted by atomic mass is 9.96. The molecule has 168 valence electrons. The number of hydrogen-bond donors (Lipinski definition) is 3. The van der Waals surface area contributed by atoms with E-state index in [2.05, 4.69) is 56.7 Å². The molecule has 2 aromatic heterocycles. The summed E-state index contributed by atoms with van der Waals surface area (Å²) in [5.74, 6) is 1.65. The van der Waals surface area contributed by atoms with E-state index in [-0.39, 0.29) is 11.9 Å². The topological polar surface area (TPSA) is 70.5 Å². The summed E-state index contributed by atoms with van der Waals surface area (Å²) in [4.78, 5) is 17.2. The van der Waals surface area contributed by atoms with E-state index in [1.807, 2.05) is 30.5 Å². The molecule has 0 spiro atoms. The third kappa shape index (κ3) is 4.57. The van der Waals surface area contributed by atoms with Crippen LogP contribution in [0.5, 0.6) is 0 Å². The average molecular weight is 432 g/mol. The summed E-state index contributed by atoms with van der Waals surface area (Å²) in [6.45, 7) is 4.16. The van der Waals surface area contributed by atoms with Crippen LogP contribution < -0.4 is 16.0 Å². The molecule has 5 rings (SSSR count). The maximum atomic E-state index is 12.6. The number of amides is 1. The number of rotatable bonds is 6. The van der Waals surface area contributed by atoms with E-state index in [1.54, 1.807) is 0 Å². The number of carbonyl (C=O) groups is 1. The van der Waals surface area contributed by atoms with Crippen LogP contribution in [0.3, 0.4) is 0 Å². The molecule has 3 aromatic rings. The zero-order chi connectivity index (χ0) is 21.9. The predicted octanol–water partition coefficient (Wildman–Crippen LogP) is 3.80. The Balaban J connectivity index is 1.17. The van der Waals surface area contributed by atoms with Gasteiger partial charge < -0.3 is 20.4 Å². The molecule has 32 heavy (non-hydrogen) atoms. The molecular formula is C26H33N5O. The van der Waals surface area contributed by atoms with Gasteiger partial charge >= 0.3 is 0 Å². The molecule has 2 aliphatic rings. The van der Waals surface area contributed by atoms with Crippen molar-refractivity contribution in [2.45, 2.75) is 63.1 Å². The van der Waals surface area contributed by atoms with Gasteiger partial charge in [-0.15, -0.1) is 0 Å². The third-order valence-electron chi connectivity index (χ3n) is 7.09. The molecule has 3 atom stereocenters. The van der Waals surface area contributed by atoms with E-state index in [0.29, 0.717) is 18.0 Å². The normalized spacial score (nSPS) is 22.8. The predicted molar refractivity (Wildman–Crippen MR) is 127 cm³/mol. The Bertz CT molecular complexity index is 1050. The van der Waals surface area contributed by atoms with Gasteiger partial charge in [0.2, 0.25) is 0 Å². The van der Waals surface area contributed by atoms with E-state index < -0.39 is 0 Å². The summed E-state index contributed by atoms with van der Waals surface area (Å²) in [5, 5.41) is 10.3.